The molecule has 0 fully saturated rings. The van der Waals surface area contributed by atoms with Crippen LogP contribution in [0.5, 0.6) is 0 Å². The highest BCUT2D eigenvalue weighted by Crippen LogP contribution is 2.36. The third-order valence-corrected chi connectivity index (χ3v) is 7.32. The van der Waals surface area contributed by atoms with Crippen molar-refractivity contribution in [1.29, 1.82) is 0 Å². The molecule has 0 bridgehead atoms. The van der Waals surface area contributed by atoms with Gasteiger partial charge in [0.05, 0.1) is 16.0 Å². The Balaban J connectivity index is 1.66. The van der Waals surface area contributed by atoms with Crippen LogP contribution < -0.4 is 10.6 Å². The van der Waals surface area contributed by atoms with E-state index >= 15 is 0 Å². The highest BCUT2D eigenvalue weighted by Gasteiger charge is 2.24. The van der Waals surface area contributed by atoms with Gasteiger partial charge in [-0.3, -0.25) is 14.2 Å². The van der Waals surface area contributed by atoms with Gasteiger partial charge in [-0.2, -0.15) is 0 Å². The number of hydrogen-bond donors (Lipinski definition) is 2. The van der Waals surface area contributed by atoms with Crippen molar-refractivity contribution in [3.8, 4) is 17.1 Å². The molecule has 4 aromatic rings. The van der Waals surface area contributed by atoms with E-state index in [-0.39, 0.29) is 17.7 Å². The fourth-order valence-corrected chi connectivity index (χ4v) is 5.24. The van der Waals surface area contributed by atoms with Gasteiger partial charge in [-0.25, -0.2) is 0 Å². The van der Waals surface area contributed by atoms with E-state index < -0.39 is 5.25 Å². The van der Waals surface area contributed by atoms with Crippen molar-refractivity contribution in [3.63, 3.8) is 0 Å². The van der Waals surface area contributed by atoms with Gasteiger partial charge in [0, 0.05) is 28.9 Å². The van der Waals surface area contributed by atoms with Crippen molar-refractivity contribution in [3.05, 3.63) is 82.3 Å². The average Bonchev–Trinajstić information content (AvgIpc) is 3.27. The number of nitrogens with zero attached hydrogens (tertiary/aromatic N) is 3. The molecule has 3 aromatic carbocycles. The third kappa shape index (κ3) is 6.38. The Labute approximate surface area is 236 Å². The Morgan fingerprint density at radius 2 is 1.55 bits per heavy atom. The largest absolute Gasteiger partial charge is 0.326 e. The predicted octanol–water partition coefficient (Wildman–Crippen LogP) is 7.44. The zero-order valence-corrected chi connectivity index (χ0v) is 23.7. The second-order valence-electron chi connectivity index (χ2n) is 8.99. The number of carbonyl (C=O) groups excluding carboxylic acids is 2. The number of nitrogens with one attached hydrogen (secondary N) is 2. The standard InChI is InChI=1S/C28H27Cl2N5O2S/c1-16(2)22-7-5-6-8-25(22)35-26(23-14-9-19(29)15-24(23)30)33-34-28(35)38-17(3)27(37)32-21-12-10-20(11-13-21)31-18(4)36/h5-17H,1-4H3,(H,31,36)(H,32,37). The summed E-state index contributed by atoms with van der Waals surface area (Å²) < 4.78 is 1.95. The van der Waals surface area contributed by atoms with E-state index in [9.17, 15) is 9.59 Å². The van der Waals surface area contributed by atoms with Crippen molar-refractivity contribution in [2.75, 3.05) is 10.6 Å². The van der Waals surface area contributed by atoms with Gasteiger partial charge in [-0.05, 0) is 66.9 Å². The summed E-state index contributed by atoms with van der Waals surface area (Å²) in [5.41, 5.74) is 3.99. The molecule has 1 unspecified atom stereocenters. The monoisotopic (exact) mass is 567 g/mol. The van der Waals surface area contributed by atoms with Crippen molar-refractivity contribution in [2.24, 2.45) is 0 Å². The number of thioether (sulfide) groups is 1. The number of amides is 2. The molecule has 0 saturated carbocycles. The second-order valence-corrected chi connectivity index (χ2v) is 11.1. The molecule has 7 nitrogen and oxygen atoms in total. The van der Waals surface area contributed by atoms with Crippen LogP contribution in [0.1, 0.15) is 39.2 Å². The fourth-order valence-electron chi connectivity index (χ4n) is 3.88. The van der Waals surface area contributed by atoms with Gasteiger partial charge >= 0.3 is 0 Å². The normalized spacial score (nSPS) is 11.9. The lowest BCUT2D eigenvalue weighted by atomic mass is 10.0. The van der Waals surface area contributed by atoms with Gasteiger partial charge in [0.2, 0.25) is 11.8 Å². The molecule has 1 atom stereocenters. The number of aromatic nitrogens is 3. The predicted molar refractivity (Wildman–Crippen MR) is 156 cm³/mol. The molecule has 0 aliphatic carbocycles. The molecule has 0 spiro atoms. The van der Waals surface area contributed by atoms with Gasteiger partial charge in [-0.1, -0.05) is 67.0 Å². The molecule has 0 aliphatic heterocycles. The van der Waals surface area contributed by atoms with Gasteiger partial charge in [0.25, 0.3) is 0 Å². The molecule has 1 heterocycles. The molecule has 10 heteroatoms. The van der Waals surface area contributed by atoms with Gasteiger partial charge in [0.1, 0.15) is 0 Å². The molecule has 196 valence electrons. The molecule has 38 heavy (non-hydrogen) atoms. The van der Waals surface area contributed by atoms with E-state index in [4.69, 9.17) is 23.2 Å². The molecular weight excluding hydrogens is 541 g/mol. The van der Waals surface area contributed by atoms with Crippen LogP contribution in [-0.4, -0.2) is 31.8 Å². The first-order chi connectivity index (χ1) is 18.1. The summed E-state index contributed by atoms with van der Waals surface area (Å²) in [6.45, 7) is 7.50. The Bertz CT molecular complexity index is 1470. The van der Waals surface area contributed by atoms with Crippen LogP contribution in [0.25, 0.3) is 17.1 Å². The molecule has 2 N–H and O–H groups in total. The van der Waals surface area contributed by atoms with Gasteiger partial charge in [-0.15, -0.1) is 10.2 Å². The second kappa shape index (κ2) is 12.0. The first kappa shape index (κ1) is 27.7. The maximum Gasteiger partial charge on any atom is 0.237 e. The lowest BCUT2D eigenvalue weighted by molar-refractivity contribution is -0.115. The molecule has 4 rings (SSSR count). The summed E-state index contributed by atoms with van der Waals surface area (Å²) >= 11 is 14.0. The van der Waals surface area contributed by atoms with Crippen LogP contribution in [0.15, 0.2) is 71.9 Å². The molecule has 1 aromatic heterocycles. The maximum atomic E-state index is 13.1. The van der Waals surface area contributed by atoms with Crippen LogP contribution in [-0.2, 0) is 9.59 Å². The van der Waals surface area contributed by atoms with E-state index in [2.05, 4.69) is 40.7 Å². The molecule has 0 radical (unpaired) electrons. The van der Waals surface area contributed by atoms with Crippen LogP contribution in [0, 0.1) is 0 Å². The Morgan fingerprint density at radius 1 is 0.895 bits per heavy atom. The third-order valence-electron chi connectivity index (χ3n) is 5.73. The Morgan fingerprint density at radius 3 is 2.18 bits per heavy atom. The SMILES string of the molecule is CC(=O)Nc1ccc(NC(=O)C(C)Sc2nnc(-c3ccc(Cl)cc3Cl)n2-c2ccccc2C(C)C)cc1. The van der Waals surface area contributed by atoms with Crippen molar-refractivity contribution in [1.82, 2.24) is 14.8 Å². The Hall–Kier alpha value is -3.33. The summed E-state index contributed by atoms with van der Waals surface area (Å²) in [4.78, 5) is 24.3. The highest BCUT2D eigenvalue weighted by molar-refractivity contribution is 8.00. The van der Waals surface area contributed by atoms with E-state index in [0.29, 0.717) is 38.0 Å². The highest BCUT2D eigenvalue weighted by atomic mass is 35.5. The number of halogens is 2. The Kier molecular flexibility index (Phi) is 8.76. The van der Waals surface area contributed by atoms with E-state index in [1.54, 1.807) is 36.4 Å². The van der Waals surface area contributed by atoms with Crippen molar-refractivity contribution in [2.45, 2.75) is 44.0 Å². The zero-order chi connectivity index (χ0) is 27.4. The fraction of sp³-hybridized carbons (Fsp3) is 0.214. The lowest BCUT2D eigenvalue weighted by Gasteiger charge is -2.18. The number of benzene rings is 3. The van der Waals surface area contributed by atoms with Crippen molar-refractivity contribution < 1.29 is 9.59 Å². The molecule has 0 aliphatic rings. The minimum absolute atomic E-state index is 0.158. The van der Waals surface area contributed by atoms with E-state index in [1.165, 1.54) is 18.7 Å². The number of carbonyl (C=O) groups is 2. The maximum absolute atomic E-state index is 13.1. The molecular formula is C28H27Cl2N5O2S. The average molecular weight is 569 g/mol. The van der Waals surface area contributed by atoms with E-state index in [1.807, 2.05) is 35.8 Å². The molecule has 2 amide bonds. The van der Waals surface area contributed by atoms with Crippen molar-refractivity contribution >= 4 is 58.2 Å². The summed E-state index contributed by atoms with van der Waals surface area (Å²) in [5, 5.41) is 15.6. The number of anilines is 2. The number of para-hydroxylation sites is 1. The molecule has 0 saturated heterocycles. The van der Waals surface area contributed by atoms with Crippen LogP contribution in [0.4, 0.5) is 11.4 Å². The first-order valence-electron chi connectivity index (χ1n) is 12.0. The van der Waals surface area contributed by atoms with Crippen LogP contribution in [0.3, 0.4) is 0 Å². The summed E-state index contributed by atoms with van der Waals surface area (Å²) in [6, 6.07) is 20.2. The van der Waals surface area contributed by atoms with Gasteiger partial charge < -0.3 is 10.6 Å². The van der Waals surface area contributed by atoms with Crippen LogP contribution >= 0.6 is 35.0 Å². The number of hydrogen-bond acceptors (Lipinski definition) is 5. The minimum atomic E-state index is -0.493. The van der Waals surface area contributed by atoms with Crippen LogP contribution in [0.2, 0.25) is 10.0 Å². The van der Waals surface area contributed by atoms with E-state index in [0.717, 1.165) is 11.3 Å². The summed E-state index contributed by atoms with van der Waals surface area (Å²) in [6.07, 6.45) is 0. The first-order valence-corrected chi connectivity index (χ1v) is 13.6. The van der Waals surface area contributed by atoms with Gasteiger partial charge in [0.15, 0.2) is 11.0 Å². The quantitative estimate of drug-likeness (QED) is 0.216. The smallest absolute Gasteiger partial charge is 0.237 e. The summed E-state index contributed by atoms with van der Waals surface area (Å²) in [5.74, 6) is 0.443. The lowest BCUT2D eigenvalue weighted by Crippen LogP contribution is -2.23. The number of rotatable bonds is 8. The zero-order valence-electron chi connectivity index (χ0n) is 21.3. The minimum Gasteiger partial charge on any atom is -0.326 e. The topological polar surface area (TPSA) is 88.9 Å². The summed E-state index contributed by atoms with van der Waals surface area (Å²) in [7, 11) is 0.